The Hall–Kier alpha value is -3.50. The van der Waals surface area contributed by atoms with Crippen molar-refractivity contribution in [1.29, 1.82) is 0 Å². The molecule has 162 valence electrons. The first-order chi connectivity index (χ1) is 15.1. The van der Waals surface area contributed by atoms with E-state index in [0.29, 0.717) is 17.8 Å². The summed E-state index contributed by atoms with van der Waals surface area (Å²) in [6.07, 6.45) is 5.91. The van der Waals surface area contributed by atoms with Crippen LogP contribution in [0.1, 0.15) is 56.0 Å². The molecule has 3 aromatic rings. The number of aromatic amines is 2. The number of nitrogens with one attached hydrogen (secondary N) is 4. The Morgan fingerprint density at radius 1 is 1.23 bits per heavy atom. The molecule has 11 nitrogen and oxygen atoms in total. The monoisotopic (exact) mass is 422 g/mol. The Morgan fingerprint density at radius 2 is 2.13 bits per heavy atom. The highest BCUT2D eigenvalue weighted by Gasteiger charge is 2.34. The molecule has 1 aliphatic carbocycles. The standard InChI is InChI=1S/C20H26N10O/c1-11(2)14-9-16(28-27-14)24-17-12-5-3-6-13(12)23-20(25-17)30-8-4-7-15(30)18(31)26-19-21-10-22-29-19/h9-11,15H,3-8H2,1-2H3,(H2,21,22,26,29,31)(H2,23,24,25,27,28). The lowest BCUT2D eigenvalue weighted by atomic mass is 10.1. The summed E-state index contributed by atoms with van der Waals surface area (Å²) in [6, 6.07) is 1.66. The number of carbonyl (C=O) groups is 1. The second-order valence-electron chi connectivity index (χ2n) is 8.31. The number of aromatic nitrogens is 7. The molecular formula is C20H26N10O. The number of anilines is 4. The van der Waals surface area contributed by atoms with Crippen molar-refractivity contribution in [1.82, 2.24) is 35.3 Å². The Bertz CT molecular complexity index is 1070. The Kier molecular flexibility index (Phi) is 5.00. The molecule has 4 N–H and O–H groups in total. The van der Waals surface area contributed by atoms with E-state index in [1.807, 2.05) is 11.0 Å². The fourth-order valence-corrected chi connectivity index (χ4v) is 4.21. The van der Waals surface area contributed by atoms with Gasteiger partial charge in [0.25, 0.3) is 0 Å². The molecule has 1 unspecified atom stereocenters. The molecule has 1 atom stereocenters. The van der Waals surface area contributed by atoms with E-state index in [2.05, 4.69) is 49.9 Å². The molecule has 1 amide bonds. The first kappa shape index (κ1) is 19.5. The first-order valence-corrected chi connectivity index (χ1v) is 10.7. The average molecular weight is 422 g/mol. The summed E-state index contributed by atoms with van der Waals surface area (Å²) < 4.78 is 0. The van der Waals surface area contributed by atoms with E-state index in [1.54, 1.807) is 0 Å². The smallest absolute Gasteiger partial charge is 0.249 e. The fraction of sp³-hybridized carbons (Fsp3) is 0.500. The predicted molar refractivity (Wildman–Crippen MR) is 115 cm³/mol. The quantitative estimate of drug-likeness (QED) is 0.474. The number of amides is 1. The average Bonchev–Trinajstić information content (AvgIpc) is 3.53. The highest BCUT2D eigenvalue weighted by Crippen LogP contribution is 2.32. The van der Waals surface area contributed by atoms with Gasteiger partial charge in [0.1, 0.15) is 18.2 Å². The van der Waals surface area contributed by atoms with Crippen LogP contribution >= 0.6 is 0 Å². The molecule has 11 heteroatoms. The second kappa shape index (κ2) is 7.97. The zero-order valence-electron chi connectivity index (χ0n) is 17.6. The topological polar surface area (TPSA) is 140 Å². The number of hydrogen-bond acceptors (Lipinski definition) is 8. The zero-order valence-corrected chi connectivity index (χ0v) is 17.6. The van der Waals surface area contributed by atoms with Crippen LogP contribution in [0.25, 0.3) is 0 Å². The minimum atomic E-state index is -0.352. The largest absolute Gasteiger partial charge is 0.329 e. The summed E-state index contributed by atoms with van der Waals surface area (Å²) in [5.74, 6) is 2.67. The van der Waals surface area contributed by atoms with E-state index in [1.165, 1.54) is 6.33 Å². The van der Waals surface area contributed by atoms with Gasteiger partial charge in [0.2, 0.25) is 17.8 Å². The van der Waals surface area contributed by atoms with E-state index >= 15 is 0 Å². The van der Waals surface area contributed by atoms with E-state index in [4.69, 9.17) is 9.97 Å². The van der Waals surface area contributed by atoms with Crippen LogP contribution in [0.4, 0.5) is 23.5 Å². The van der Waals surface area contributed by atoms with Crippen molar-refractivity contribution in [3.05, 3.63) is 29.3 Å². The molecule has 1 saturated heterocycles. The van der Waals surface area contributed by atoms with Crippen molar-refractivity contribution in [2.45, 2.75) is 57.9 Å². The molecule has 3 aromatic heterocycles. The normalized spacial score (nSPS) is 17.9. The van der Waals surface area contributed by atoms with Gasteiger partial charge in [0.05, 0.1) is 5.69 Å². The van der Waals surface area contributed by atoms with Gasteiger partial charge < -0.3 is 10.2 Å². The van der Waals surface area contributed by atoms with Gasteiger partial charge in [-0.1, -0.05) is 13.8 Å². The van der Waals surface area contributed by atoms with Crippen molar-refractivity contribution >= 4 is 29.4 Å². The number of H-pyrrole nitrogens is 2. The van der Waals surface area contributed by atoms with Crippen molar-refractivity contribution < 1.29 is 4.79 Å². The molecule has 0 spiro atoms. The minimum Gasteiger partial charge on any atom is -0.329 e. The zero-order chi connectivity index (χ0) is 21.4. The molecular weight excluding hydrogens is 396 g/mol. The molecule has 0 aromatic carbocycles. The fourth-order valence-electron chi connectivity index (χ4n) is 4.21. The van der Waals surface area contributed by atoms with Gasteiger partial charge in [-0.25, -0.2) is 10.1 Å². The summed E-state index contributed by atoms with van der Waals surface area (Å²) in [5.41, 5.74) is 3.25. The van der Waals surface area contributed by atoms with E-state index < -0.39 is 0 Å². The minimum absolute atomic E-state index is 0.137. The van der Waals surface area contributed by atoms with Crippen LogP contribution in [0, 0.1) is 0 Å². The van der Waals surface area contributed by atoms with Crippen LogP contribution in [0.15, 0.2) is 12.4 Å². The SMILES string of the molecule is CC(C)c1cc(Nc2nc(N3CCCC3C(=O)Nc3ncn[nH]3)nc3c2CCC3)n[nH]1. The number of carbonyl (C=O) groups excluding carboxylic acids is 1. The highest BCUT2D eigenvalue weighted by molar-refractivity contribution is 5.95. The van der Waals surface area contributed by atoms with Crippen LogP contribution < -0.4 is 15.5 Å². The summed E-state index contributed by atoms with van der Waals surface area (Å²) in [4.78, 5) is 28.5. The third-order valence-electron chi connectivity index (χ3n) is 5.86. The van der Waals surface area contributed by atoms with Crippen molar-refractivity contribution in [2.24, 2.45) is 0 Å². The van der Waals surface area contributed by atoms with Crippen LogP contribution in [0.3, 0.4) is 0 Å². The van der Waals surface area contributed by atoms with Crippen molar-refractivity contribution in [3.63, 3.8) is 0 Å². The third-order valence-corrected chi connectivity index (χ3v) is 5.86. The van der Waals surface area contributed by atoms with Gasteiger partial charge in [-0.05, 0) is 38.0 Å². The number of aryl methyl sites for hydroxylation is 1. The molecule has 0 bridgehead atoms. The molecule has 5 rings (SSSR count). The highest BCUT2D eigenvalue weighted by atomic mass is 16.2. The van der Waals surface area contributed by atoms with Crippen molar-refractivity contribution in [2.75, 3.05) is 22.1 Å². The Balaban J connectivity index is 1.42. The second-order valence-corrected chi connectivity index (χ2v) is 8.31. The summed E-state index contributed by atoms with van der Waals surface area (Å²) in [5, 5.41) is 20.1. The van der Waals surface area contributed by atoms with Crippen LogP contribution in [0.5, 0.6) is 0 Å². The number of hydrogen-bond donors (Lipinski definition) is 4. The predicted octanol–water partition coefficient (Wildman–Crippen LogP) is 2.28. The molecule has 2 aliphatic rings. The lowest BCUT2D eigenvalue weighted by molar-refractivity contribution is -0.117. The number of nitrogens with zero attached hydrogens (tertiary/aromatic N) is 6. The van der Waals surface area contributed by atoms with Crippen LogP contribution in [0.2, 0.25) is 0 Å². The molecule has 0 saturated carbocycles. The van der Waals surface area contributed by atoms with Gasteiger partial charge in [-0.2, -0.15) is 20.2 Å². The third kappa shape index (κ3) is 3.82. The van der Waals surface area contributed by atoms with Gasteiger partial charge >= 0.3 is 0 Å². The summed E-state index contributed by atoms with van der Waals surface area (Å²) in [7, 11) is 0. The molecule has 0 radical (unpaired) electrons. The van der Waals surface area contributed by atoms with E-state index in [9.17, 15) is 4.79 Å². The van der Waals surface area contributed by atoms with Crippen LogP contribution in [-0.2, 0) is 17.6 Å². The van der Waals surface area contributed by atoms with Crippen molar-refractivity contribution in [3.8, 4) is 0 Å². The lowest BCUT2D eigenvalue weighted by Crippen LogP contribution is -2.41. The van der Waals surface area contributed by atoms with Gasteiger partial charge in [-0.3, -0.25) is 15.2 Å². The Morgan fingerprint density at radius 3 is 2.90 bits per heavy atom. The maximum Gasteiger partial charge on any atom is 0.249 e. The maximum absolute atomic E-state index is 12.8. The van der Waals surface area contributed by atoms with Gasteiger partial charge in [0, 0.05) is 23.9 Å². The molecule has 31 heavy (non-hydrogen) atoms. The number of rotatable bonds is 6. The first-order valence-electron chi connectivity index (χ1n) is 10.7. The maximum atomic E-state index is 12.8. The van der Waals surface area contributed by atoms with Gasteiger partial charge in [0.15, 0.2) is 5.82 Å². The summed E-state index contributed by atoms with van der Waals surface area (Å²) >= 11 is 0. The molecule has 1 aliphatic heterocycles. The summed E-state index contributed by atoms with van der Waals surface area (Å²) in [6.45, 7) is 4.97. The Labute approximate surface area is 179 Å². The van der Waals surface area contributed by atoms with E-state index in [-0.39, 0.29) is 11.9 Å². The molecule has 1 fully saturated rings. The van der Waals surface area contributed by atoms with E-state index in [0.717, 1.165) is 67.2 Å². The van der Waals surface area contributed by atoms with Gasteiger partial charge in [-0.15, -0.1) is 0 Å². The number of fused-ring (bicyclic) bond motifs is 1. The van der Waals surface area contributed by atoms with Crippen LogP contribution in [-0.4, -0.2) is 53.8 Å². The molecule has 4 heterocycles. The lowest BCUT2D eigenvalue weighted by Gasteiger charge is -2.24.